The minimum absolute atomic E-state index is 0.128. The number of rotatable bonds is 5. The van der Waals surface area contributed by atoms with Crippen molar-refractivity contribution in [2.45, 2.75) is 31.8 Å². The minimum Gasteiger partial charge on any atom is -0.350 e. The van der Waals surface area contributed by atoms with Crippen molar-refractivity contribution < 1.29 is 4.79 Å². The highest BCUT2D eigenvalue weighted by Gasteiger charge is 2.21. The van der Waals surface area contributed by atoms with Crippen LogP contribution in [0.3, 0.4) is 0 Å². The number of nitrogens with one attached hydrogen (secondary N) is 1. The largest absolute Gasteiger partial charge is 0.350 e. The molecule has 0 spiro atoms. The van der Waals surface area contributed by atoms with Crippen LogP contribution in [0.5, 0.6) is 0 Å². The van der Waals surface area contributed by atoms with Gasteiger partial charge < -0.3 is 5.32 Å². The average Bonchev–Trinajstić information content (AvgIpc) is 2.88. The Morgan fingerprint density at radius 3 is 3.00 bits per heavy atom. The number of nitrogens with zero attached hydrogens (tertiary/aromatic N) is 4. The van der Waals surface area contributed by atoms with Crippen LogP contribution in [0, 0.1) is 0 Å². The quantitative estimate of drug-likeness (QED) is 0.873. The van der Waals surface area contributed by atoms with Gasteiger partial charge in [-0.3, -0.25) is 18.8 Å². The smallest absolute Gasteiger partial charge is 0.254 e. The molecule has 0 saturated heterocycles. The van der Waals surface area contributed by atoms with E-state index in [1.54, 1.807) is 12.4 Å². The molecular weight excluding hydrogens is 270 g/mol. The molecule has 0 atom stereocenters. The predicted octanol–water partition coefficient (Wildman–Crippen LogP) is 0.595. The molecule has 1 N–H and O–H groups in total. The van der Waals surface area contributed by atoms with E-state index in [0.717, 1.165) is 12.8 Å². The van der Waals surface area contributed by atoms with Gasteiger partial charge in [0.2, 0.25) is 0 Å². The van der Waals surface area contributed by atoms with Gasteiger partial charge >= 0.3 is 0 Å². The van der Waals surface area contributed by atoms with Gasteiger partial charge in [-0.1, -0.05) is 0 Å². The Morgan fingerprint density at radius 2 is 2.29 bits per heavy atom. The molecular formula is C14H17N5O2. The summed E-state index contributed by atoms with van der Waals surface area (Å²) in [5.41, 5.74) is 0.428. The molecule has 2 aromatic rings. The Labute approximate surface area is 121 Å². The summed E-state index contributed by atoms with van der Waals surface area (Å²) in [6.07, 6.45) is 9.78. The van der Waals surface area contributed by atoms with Crippen LogP contribution in [0.1, 0.15) is 35.7 Å². The Kier molecular flexibility index (Phi) is 3.81. The van der Waals surface area contributed by atoms with E-state index in [1.165, 1.54) is 29.6 Å². The molecule has 21 heavy (non-hydrogen) atoms. The molecule has 1 aliphatic rings. The number of hydrogen-bond acceptors (Lipinski definition) is 4. The van der Waals surface area contributed by atoms with Gasteiger partial charge in [-0.25, -0.2) is 4.98 Å². The number of aromatic nitrogens is 4. The SMILES string of the molecule is O=C(NCCn1cnccc1=O)c1cnn(C2CCC2)c1. The van der Waals surface area contributed by atoms with E-state index in [2.05, 4.69) is 15.4 Å². The van der Waals surface area contributed by atoms with Crippen molar-refractivity contribution in [3.63, 3.8) is 0 Å². The lowest BCUT2D eigenvalue weighted by atomic mass is 9.93. The first kappa shape index (κ1) is 13.5. The van der Waals surface area contributed by atoms with Crippen molar-refractivity contribution >= 4 is 5.91 Å². The predicted molar refractivity (Wildman–Crippen MR) is 75.9 cm³/mol. The molecule has 7 heteroatoms. The molecule has 1 fully saturated rings. The summed E-state index contributed by atoms with van der Waals surface area (Å²) < 4.78 is 3.32. The van der Waals surface area contributed by atoms with E-state index < -0.39 is 0 Å². The second kappa shape index (κ2) is 5.90. The van der Waals surface area contributed by atoms with Gasteiger partial charge in [0.15, 0.2) is 0 Å². The third kappa shape index (κ3) is 3.01. The van der Waals surface area contributed by atoms with Gasteiger partial charge in [-0.05, 0) is 19.3 Å². The molecule has 110 valence electrons. The molecule has 0 unspecified atom stereocenters. The highest BCUT2D eigenvalue weighted by molar-refractivity contribution is 5.93. The van der Waals surface area contributed by atoms with E-state index in [9.17, 15) is 9.59 Å². The molecule has 0 radical (unpaired) electrons. The second-order valence-electron chi connectivity index (χ2n) is 5.16. The van der Waals surface area contributed by atoms with Crippen molar-refractivity contribution in [1.82, 2.24) is 24.6 Å². The summed E-state index contributed by atoms with van der Waals surface area (Å²) in [7, 11) is 0. The van der Waals surface area contributed by atoms with E-state index in [4.69, 9.17) is 0 Å². The van der Waals surface area contributed by atoms with Gasteiger partial charge in [0.05, 0.1) is 24.1 Å². The zero-order valence-corrected chi connectivity index (χ0v) is 11.6. The normalized spacial score (nSPS) is 14.7. The fraction of sp³-hybridized carbons (Fsp3) is 0.429. The van der Waals surface area contributed by atoms with Gasteiger partial charge in [-0.15, -0.1) is 0 Å². The van der Waals surface area contributed by atoms with Crippen LogP contribution >= 0.6 is 0 Å². The number of amides is 1. The lowest BCUT2D eigenvalue weighted by Crippen LogP contribution is -2.30. The summed E-state index contributed by atoms with van der Waals surface area (Å²) in [5, 5.41) is 7.01. The number of carbonyl (C=O) groups is 1. The summed E-state index contributed by atoms with van der Waals surface area (Å²) >= 11 is 0. The molecule has 0 aliphatic heterocycles. The first-order chi connectivity index (χ1) is 10.2. The highest BCUT2D eigenvalue weighted by atomic mass is 16.1. The Balaban J connectivity index is 1.53. The van der Waals surface area contributed by atoms with E-state index in [1.807, 2.05) is 4.68 Å². The summed E-state index contributed by atoms with van der Waals surface area (Å²) in [4.78, 5) is 27.4. The Morgan fingerprint density at radius 1 is 1.43 bits per heavy atom. The molecule has 1 saturated carbocycles. The molecule has 2 heterocycles. The molecule has 1 amide bonds. The zero-order valence-electron chi connectivity index (χ0n) is 11.6. The standard InChI is InChI=1S/C14H17N5O2/c20-13-4-5-15-10-18(13)7-6-16-14(21)11-8-17-19(9-11)12-2-1-3-12/h4-5,8-10,12H,1-3,6-7H2,(H,16,21). The topological polar surface area (TPSA) is 81.8 Å². The number of hydrogen-bond donors (Lipinski definition) is 1. The van der Waals surface area contributed by atoms with Crippen molar-refractivity contribution in [3.05, 3.63) is 46.9 Å². The maximum absolute atomic E-state index is 12.0. The lowest BCUT2D eigenvalue weighted by molar-refractivity contribution is 0.0952. The molecule has 3 rings (SSSR count). The monoisotopic (exact) mass is 287 g/mol. The van der Waals surface area contributed by atoms with Gasteiger partial charge in [0.1, 0.15) is 0 Å². The maximum Gasteiger partial charge on any atom is 0.254 e. The molecule has 7 nitrogen and oxygen atoms in total. The second-order valence-corrected chi connectivity index (χ2v) is 5.16. The van der Waals surface area contributed by atoms with Crippen LogP contribution in [0.2, 0.25) is 0 Å². The van der Waals surface area contributed by atoms with Crippen molar-refractivity contribution in [1.29, 1.82) is 0 Å². The van der Waals surface area contributed by atoms with Gasteiger partial charge in [-0.2, -0.15) is 5.10 Å². The van der Waals surface area contributed by atoms with Crippen LogP contribution in [-0.2, 0) is 6.54 Å². The fourth-order valence-electron chi connectivity index (χ4n) is 2.24. The van der Waals surface area contributed by atoms with Crippen LogP contribution in [0.15, 0.2) is 35.8 Å². The van der Waals surface area contributed by atoms with Crippen molar-refractivity contribution in [3.8, 4) is 0 Å². The summed E-state index contributed by atoms with van der Waals surface area (Å²) in [6, 6.07) is 1.84. The first-order valence-corrected chi connectivity index (χ1v) is 7.07. The summed E-state index contributed by atoms with van der Waals surface area (Å²) in [6.45, 7) is 0.772. The molecule has 0 aromatic carbocycles. The molecule has 1 aliphatic carbocycles. The summed E-state index contributed by atoms with van der Waals surface area (Å²) in [5.74, 6) is -0.169. The molecule has 2 aromatic heterocycles. The maximum atomic E-state index is 12.0. The number of carbonyl (C=O) groups excluding carboxylic acids is 1. The molecule has 0 bridgehead atoms. The zero-order chi connectivity index (χ0) is 14.7. The third-order valence-electron chi connectivity index (χ3n) is 3.74. The average molecular weight is 287 g/mol. The Hall–Kier alpha value is -2.44. The van der Waals surface area contributed by atoms with Crippen molar-refractivity contribution in [2.75, 3.05) is 6.54 Å². The van der Waals surface area contributed by atoms with Crippen LogP contribution < -0.4 is 10.9 Å². The van der Waals surface area contributed by atoms with E-state index in [0.29, 0.717) is 24.7 Å². The Bertz CT molecular complexity index is 686. The fourth-order valence-corrected chi connectivity index (χ4v) is 2.24. The van der Waals surface area contributed by atoms with Gasteiger partial charge in [0, 0.05) is 31.5 Å². The first-order valence-electron chi connectivity index (χ1n) is 7.07. The van der Waals surface area contributed by atoms with Crippen LogP contribution in [0.25, 0.3) is 0 Å². The highest BCUT2D eigenvalue weighted by Crippen LogP contribution is 2.30. The van der Waals surface area contributed by atoms with Crippen molar-refractivity contribution in [2.24, 2.45) is 0 Å². The van der Waals surface area contributed by atoms with E-state index in [-0.39, 0.29) is 11.5 Å². The van der Waals surface area contributed by atoms with E-state index >= 15 is 0 Å². The minimum atomic E-state index is -0.169. The van der Waals surface area contributed by atoms with Gasteiger partial charge in [0.25, 0.3) is 11.5 Å². The third-order valence-corrected chi connectivity index (χ3v) is 3.74. The van der Waals surface area contributed by atoms with Crippen LogP contribution in [0.4, 0.5) is 0 Å². The van der Waals surface area contributed by atoms with Crippen LogP contribution in [-0.4, -0.2) is 31.8 Å². The lowest BCUT2D eigenvalue weighted by Gasteiger charge is -2.25.